The van der Waals surface area contributed by atoms with Gasteiger partial charge in [0, 0.05) is 26.2 Å². The summed E-state index contributed by atoms with van der Waals surface area (Å²) in [7, 11) is 0. The standard InChI is InChI=1S/C14H29N3.2C2H6/c1-2-16-10-5-14(6-11-16)4-3-9-17-12-7-15-8-13-17;2*1-2/h14-15H,2-13H2,1H3;2*1-2H3. The molecule has 0 bridgehead atoms. The van der Waals surface area contributed by atoms with E-state index in [2.05, 4.69) is 22.0 Å². The van der Waals surface area contributed by atoms with Gasteiger partial charge in [0.2, 0.25) is 0 Å². The summed E-state index contributed by atoms with van der Waals surface area (Å²) in [6, 6.07) is 0. The number of hydrogen-bond donors (Lipinski definition) is 1. The summed E-state index contributed by atoms with van der Waals surface area (Å²) in [5.74, 6) is 1.01. The maximum atomic E-state index is 3.42. The third kappa shape index (κ3) is 9.49. The minimum Gasteiger partial charge on any atom is -0.314 e. The van der Waals surface area contributed by atoms with Gasteiger partial charge in [0.15, 0.2) is 0 Å². The van der Waals surface area contributed by atoms with Gasteiger partial charge < -0.3 is 15.1 Å². The van der Waals surface area contributed by atoms with Crippen molar-refractivity contribution in [2.45, 2.75) is 60.3 Å². The molecule has 0 spiro atoms. The first-order valence-corrected chi connectivity index (χ1v) is 9.54. The van der Waals surface area contributed by atoms with Gasteiger partial charge in [0.25, 0.3) is 0 Å². The maximum absolute atomic E-state index is 3.42. The van der Waals surface area contributed by atoms with Crippen LogP contribution in [0.25, 0.3) is 0 Å². The smallest absolute Gasteiger partial charge is 0.0107 e. The van der Waals surface area contributed by atoms with Crippen LogP contribution in [0.3, 0.4) is 0 Å². The van der Waals surface area contributed by atoms with Gasteiger partial charge in [-0.25, -0.2) is 0 Å². The van der Waals surface area contributed by atoms with Gasteiger partial charge in [-0.05, 0) is 57.8 Å². The number of rotatable bonds is 5. The predicted molar refractivity (Wildman–Crippen MR) is 96.1 cm³/mol. The summed E-state index contributed by atoms with van der Waals surface area (Å²) < 4.78 is 0. The SMILES string of the molecule is CC.CC.CCN1CCC(CCCN2CCNCC2)CC1. The van der Waals surface area contributed by atoms with Crippen molar-refractivity contribution >= 4 is 0 Å². The van der Waals surface area contributed by atoms with Gasteiger partial charge in [-0.3, -0.25) is 0 Å². The molecule has 0 radical (unpaired) electrons. The van der Waals surface area contributed by atoms with Crippen LogP contribution in [0, 0.1) is 5.92 Å². The Hall–Kier alpha value is -0.120. The molecular weight excluding hydrogens is 258 g/mol. The van der Waals surface area contributed by atoms with E-state index in [0.717, 1.165) is 5.92 Å². The van der Waals surface area contributed by atoms with Gasteiger partial charge in [0.1, 0.15) is 0 Å². The Bertz CT molecular complexity index is 195. The lowest BCUT2D eigenvalue weighted by molar-refractivity contribution is 0.176. The Kier molecular flexibility index (Phi) is 14.7. The lowest BCUT2D eigenvalue weighted by atomic mass is 9.92. The third-order valence-electron chi connectivity index (χ3n) is 4.45. The molecule has 0 amide bonds. The van der Waals surface area contributed by atoms with Crippen LogP contribution in [0.15, 0.2) is 0 Å². The second-order valence-corrected chi connectivity index (χ2v) is 5.61. The minimum absolute atomic E-state index is 1.01. The zero-order chi connectivity index (χ0) is 15.9. The van der Waals surface area contributed by atoms with Crippen LogP contribution >= 0.6 is 0 Å². The van der Waals surface area contributed by atoms with E-state index >= 15 is 0 Å². The van der Waals surface area contributed by atoms with E-state index in [0.29, 0.717) is 0 Å². The van der Waals surface area contributed by atoms with Gasteiger partial charge in [-0.1, -0.05) is 34.6 Å². The highest BCUT2D eigenvalue weighted by Crippen LogP contribution is 2.21. The molecule has 21 heavy (non-hydrogen) atoms. The van der Waals surface area contributed by atoms with Crippen LogP contribution in [0.5, 0.6) is 0 Å². The summed E-state index contributed by atoms with van der Waals surface area (Å²) >= 11 is 0. The first-order chi connectivity index (χ1) is 10.4. The normalized spacial score (nSPS) is 21.0. The molecule has 2 saturated heterocycles. The van der Waals surface area contributed by atoms with E-state index in [1.165, 1.54) is 78.0 Å². The molecular formula is C18H41N3. The fraction of sp³-hybridized carbons (Fsp3) is 1.00. The van der Waals surface area contributed by atoms with E-state index in [9.17, 15) is 0 Å². The van der Waals surface area contributed by atoms with Gasteiger partial charge in [-0.15, -0.1) is 0 Å². The average molecular weight is 300 g/mol. The molecule has 0 aromatic carbocycles. The lowest BCUT2D eigenvalue weighted by Crippen LogP contribution is -2.43. The van der Waals surface area contributed by atoms with Gasteiger partial charge in [-0.2, -0.15) is 0 Å². The quantitative estimate of drug-likeness (QED) is 0.839. The molecule has 2 rings (SSSR count). The molecule has 3 nitrogen and oxygen atoms in total. The van der Waals surface area contributed by atoms with Crippen molar-refractivity contribution in [2.75, 3.05) is 52.4 Å². The minimum atomic E-state index is 1.01. The fourth-order valence-corrected chi connectivity index (χ4v) is 3.13. The number of nitrogens with zero attached hydrogens (tertiary/aromatic N) is 2. The summed E-state index contributed by atoms with van der Waals surface area (Å²) in [4.78, 5) is 5.21. The first-order valence-electron chi connectivity index (χ1n) is 9.54. The van der Waals surface area contributed by atoms with E-state index in [4.69, 9.17) is 0 Å². The van der Waals surface area contributed by atoms with Gasteiger partial charge >= 0.3 is 0 Å². The van der Waals surface area contributed by atoms with Crippen molar-refractivity contribution in [2.24, 2.45) is 5.92 Å². The molecule has 0 aromatic heterocycles. The summed E-state index contributed by atoms with van der Waals surface area (Å²) in [5, 5.41) is 3.42. The maximum Gasteiger partial charge on any atom is 0.0107 e. The largest absolute Gasteiger partial charge is 0.314 e. The zero-order valence-corrected chi connectivity index (χ0v) is 15.5. The Morgan fingerprint density at radius 1 is 0.857 bits per heavy atom. The Balaban J connectivity index is 0.000000921. The predicted octanol–water partition coefficient (Wildman–Crippen LogP) is 3.46. The van der Waals surface area contributed by atoms with Crippen molar-refractivity contribution in [3.63, 3.8) is 0 Å². The lowest BCUT2D eigenvalue weighted by Gasteiger charge is -2.32. The van der Waals surface area contributed by atoms with Crippen LogP contribution < -0.4 is 5.32 Å². The Morgan fingerprint density at radius 3 is 1.95 bits per heavy atom. The fourth-order valence-electron chi connectivity index (χ4n) is 3.13. The van der Waals surface area contributed by atoms with Crippen LogP contribution in [-0.2, 0) is 0 Å². The average Bonchev–Trinajstić information content (AvgIpc) is 2.60. The summed E-state index contributed by atoms with van der Waals surface area (Å²) in [6.45, 7) is 20.4. The molecule has 0 aliphatic carbocycles. The van der Waals surface area contributed by atoms with Crippen molar-refractivity contribution < 1.29 is 0 Å². The number of likely N-dealkylation sites (tertiary alicyclic amines) is 1. The Morgan fingerprint density at radius 2 is 1.43 bits per heavy atom. The molecule has 0 saturated carbocycles. The van der Waals surface area contributed by atoms with Crippen LogP contribution in [-0.4, -0.2) is 62.2 Å². The van der Waals surface area contributed by atoms with E-state index in [-0.39, 0.29) is 0 Å². The van der Waals surface area contributed by atoms with Crippen LogP contribution in [0.1, 0.15) is 60.3 Å². The molecule has 1 N–H and O–H groups in total. The highest BCUT2D eigenvalue weighted by Gasteiger charge is 2.18. The number of nitrogens with one attached hydrogen (secondary N) is 1. The molecule has 3 heteroatoms. The number of hydrogen-bond acceptors (Lipinski definition) is 3. The number of piperazine rings is 1. The van der Waals surface area contributed by atoms with Crippen molar-refractivity contribution in [3.8, 4) is 0 Å². The summed E-state index contributed by atoms with van der Waals surface area (Å²) in [6.07, 6.45) is 5.75. The molecule has 128 valence electrons. The van der Waals surface area contributed by atoms with E-state index in [1.807, 2.05) is 27.7 Å². The second-order valence-electron chi connectivity index (χ2n) is 5.61. The molecule has 0 aromatic rings. The first kappa shape index (κ1) is 20.9. The number of piperidine rings is 1. The molecule has 2 heterocycles. The second kappa shape index (κ2) is 14.8. The van der Waals surface area contributed by atoms with E-state index in [1.54, 1.807) is 0 Å². The molecule has 2 fully saturated rings. The van der Waals surface area contributed by atoms with Crippen molar-refractivity contribution in [1.82, 2.24) is 15.1 Å². The third-order valence-corrected chi connectivity index (χ3v) is 4.45. The van der Waals surface area contributed by atoms with E-state index < -0.39 is 0 Å². The molecule has 0 unspecified atom stereocenters. The van der Waals surface area contributed by atoms with Crippen molar-refractivity contribution in [1.29, 1.82) is 0 Å². The highest BCUT2D eigenvalue weighted by atomic mass is 15.2. The Labute approximate surface area is 134 Å². The monoisotopic (exact) mass is 299 g/mol. The highest BCUT2D eigenvalue weighted by molar-refractivity contribution is 4.73. The van der Waals surface area contributed by atoms with Crippen LogP contribution in [0.2, 0.25) is 0 Å². The van der Waals surface area contributed by atoms with Crippen LogP contribution in [0.4, 0.5) is 0 Å². The summed E-state index contributed by atoms with van der Waals surface area (Å²) in [5.41, 5.74) is 0. The molecule has 2 aliphatic rings. The van der Waals surface area contributed by atoms with Crippen molar-refractivity contribution in [3.05, 3.63) is 0 Å². The molecule has 0 atom stereocenters. The van der Waals surface area contributed by atoms with Gasteiger partial charge in [0.05, 0.1) is 0 Å². The topological polar surface area (TPSA) is 18.5 Å². The molecule has 2 aliphatic heterocycles. The zero-order valence-electron chi connectivity index (χ0n) is 15.5.